The Morgan fingerprint density at radius 2 is 1.94 bits per heavy atom. The van der Waals surface area contributed by atoms with E-state index in [1.54, 1.807) is 11.3 Å². The first-order valence-corrected chi connectivity index (χ1v) is 7.48. The van der Waals surface area contributed by atoms with Crippen molar-refractivity contribution in [2.45, 2.75) is 25.6 Å². The average molecular weight is 364 g/mol. The number of halogens is 2. The summed E-state index contributed by atoms with van der Waals surface area (Å²) in [5, 5.41) is 0. The molecule has 1 unspecified atom stereocenters. The van der Waals surface area contributed by atoms with Gasteiger partial charge in [0.1, 0.15) is 11.5 Å². The summed E-state index contributed by atoms with van der Waals surface area (Å²) in [5.41, 5.74) is 2.49. The molecule has 0 spiro atoms. The Balaban J connectivity index is 2.38. The summed E-state index contributed by atoms with van der Waals surface area (Å²) in [5.74, 6) is 1.95. The molecular weight excluding hydrogens is 352 g/mol. The third-order valence-corrected chi connectivity index (χ3v) is 5.97. The van der Waals surface area contributed by atoms with E-state index in [9.17, 15) is 0 Å². The summed E-state index contributed by atoms with van der Waals surface area (Å²) < 4.78 is 6.76. The minimum atomic E-state index is 0.222. The molecule has 86 valence electrons. The van der Waals surface area contributed by atoms with Gasteiger partial charge in [0.2, 0.25) is 0 Å². The normalized spacial score (nSPS) is 13.1. The van der Waals surface area contributed by atoms with Gasteiger partial charge >= 0.3 is 0 Å². The van der Waals surface area contributed by atoms with Crippen molar-refractivity contribution in [1.29, 1.82) is 0 Å². The minimum Gasteiger partial charge on any atom is -0.466 e. The fourth-order valence-corrected chi connectivity index (χ4v) is 4.10. The molecule has 16 heavy (non-hydrogen) atoms. The van der Waals surface area contributed by atoms with Crippen molar-refractivity contribution in [3.63, 3.8) is 0 Å². The standard InChI is InChI=1S/C12H12Br2OS/c1-6-4-10(16-12(6)14)11(13)9-5-7(2)15-8(9)3/h4-5,11H,1-3H3. The van der Waals surface area contributed by atoms with Crippen LogP contribution in [-0.4, -0.2) is 0 Å². The van der Waals surface area contributed by atoms with Gasteiger partial charge in [-0.05, 0) is 54.4 Å². The van der Waals surface area contributed by atoms with E-state index in [4.69, 9.17) is 4.42 Å². The summed E-state index contributed by atoms with van der Waals surface area (Å²) in [7, 11) is 0. The highest BCUT2D eigenvalue weighted by Crippen LogP contribution is 2.40. The predicted octanol–water partition coefficient (Wildman–Crippen LogP) is 5.51. The maximum Gasteiger partial charge on any atom is 0.105 e. The molecule has 0 aromatic carbocycles. The number of rotatable bonds is 2. The molecule has 0 aliphatic rings. The van der Waals surface area contributed by atoms with Gasteiger partial charge in [0.05, 0.1) is 8.61 Å². The lowest BCUT2D eigenvalue weighted by molar-refractivity contribution is 0.502. The molecule has 0 radical (unpaired) electrons. The van der Waals surface area contributed by atoms with E-state index in [-0.39, 0.29) is 4.83 Å². The molecule has 1 nitrogen and oxygen atoms in total. The summed E-state index contributed by atoms with van der Waals surface area (Å²) in [6.45, 7) is 6.09. The Labute approximate surface area is 116 Å². The molecule has 0 fully saturated rings. The van der Waals surface area contributed by atoms with Crippen molar-refractivity contribution in [1.82, 2.24) is 0 Å². The minimum absolute atomic E-state index is 0.222. The van der Waals surface area contributed by atoms with Crippen LogP contribution in [0.1, 0.15) is 32.4 Å². The van der Waals surface area contributed by atoms with Gasteiger partial charge < -0.3 is 4.42 Å². The second-order valence-electron chi connectivity index (χ2n) is 3.84. The van der Waals surface area contributed by atoms with Gasteiger partial charge in [0.25, 0.3) is 0 Å². The summed E-state index contributed by atoms with van der Waals surface area (Å²) in [6.07, 6.45) is 0. The Bertz CT molecular complexity index is 494. The molecule has 0 saturated heterocycles. The van der Waals surface area contributed by atoms with Gasteiger partial charge in [-0.1, -0.05) is 15.9 Å². The first-order valence-electron chi connectivity index (χ1n) is 4.96. The van der Waals surface area contributed by atoms with Crippen LogP contribution in [0.2, 0.25) is 0 Å². The zero-order valence-corrected chi connectivity index (χ0v) is 13.3. The summed E-state index contributed by atoms with van der Waals surface area (Å²) in [4.78, 5) is 1.52. The fourth-order valence-electron chi connectivity index (χ4n) is 1.66. The number of aryl methyl sites for hydroxylation is 3. The molecule has 0 aliphatic carbocycles. The maximum atomic E-state index is 5.56. The molecule has 2 rings (SSSR count). The van der Waals surface area contributed by atoms with Crippen LogP contribution in [0, 0.1) is 20.8 Å². The predicted molar refractivity (Wildman–Crippen MR) is 75.7 cm³/mol. The van der Waals surface area contributed by atoms with E-state index in [0.717, 1.165) is 11.5 Å². The van der Waals surface area contributed by atoms with Gasteiger partial charge in [0, 0.05) is 10.4 Å². The second kappa shape index (κ2) is 4.67. The maximum absolute atomic E-state index is 5.56. The summed E-state index contributed by atoms with van der Waals surface area (Å²) in [6, 6.07) is 4.30. The summed E-state index contributed by atoms with van der Waals surface area (Å²) >= 11 is 9.05. The largest absolute Gasteiger partial charge is 0.466 e. The zero-order valence-electron chi connectivity index (χ0n) is 9.30. The monoisotopic (exact) mass is 362 g/mol. The third kappa shape index (κ3) is 2.29. The molecular formula is C12H12Br2OS. The molecule has 1 atom stereocenters. The molecule has 2 heterocycles. The van der Waals surface area contributed by atoms with Gasteiger partial charge in [-0.15, -0.1) is 11.3 Å². The lowest BCUT2D eigenvalue weighted by Gasteiger charge is -2.05. The highest BCUT2D eigenvalue weighted by molar-refractivity contribution is 9.11. The molecule has 0 bridgehead atoms. The van der Waals surface area contributed by atoms with Crippen LogP contribution < -0.4 is 0 Å². The van der Waals surface area contributed by atoms with Crippen molar-refractivity contribution >= 4 is 43.2 Å². The zero-order chi connectivity index (χ0) is 11.9. The van der Waals surface area contributed by atoms with Crippen LogP contribution in [0.5, 0.6) is 0 Å². The smallest absolute Gasteiger partial charge is 0.105 e. The molecule has 2 aromatic heterocycles. The second-order valence-corrected chi connectivity index (χ2v) is 7.15. The van der Waals surface area contributed by atoms with E-state index < -0.39 is 0 Å². The fraction of sp³-hybridized carbons (Fsp3) is 0.333. The number of alkyl halides is 1. The van der Waals surface area contributed by atoms with Crippen LogP contribution >= 0.6 is 43.2 Å². The number of hydrogen-bond acceptors (Lipinski definition) is 2. The number of thiophene rings is 1. The van der Waals surface area contributed by atoms with Crippen molar-refractivity contribution < 1.29 is 4.42 Å². The van der Waals surface area contributed by atoms with E-state index in [0.29, 0.717) is 0 Å². The Kier molecular flexibility index (Phi) is 3.62. The number of hydrogen-bond donors (Lipinski definition) is 0. The SMILES string of the molecule is Cc1cc(C(Br)c2cc(C)c(Br)s2)c(C)o1. The van der Waals surface area contributed by atoms with Gasteiger partial charge in [0.15, 0.2) is 0 Å². The highest BCUT2D eigenvalue weighted by atomic mass is 79.9. The van der Waals surface area contributed by atoms with Crippen LogP contribution in [-0.2, 0) is 0 Å². The van der Waals surface area contributed by atoms with Crippen molar-refractivity contribution in [2.75, 3.05) is 0 Å². The molecule has 0 amide bonds. The van der Waals surface area contributed by atoms with Gasteiger partial charge in [-0.25, -0.2) is 0 Å². The van der Waals surface area contributed by atoms with E-state index >= 15 is 0 Å². The van der Waals surface area contributed by atoms with Crippen LogP contribution in [0.4, 0.5) is 0 Å². The lowest BCUT2D eigenvalue weighted by Crippen LogP contribution is -1.88. The van der Waals surface area contributed by atoms with E-state index in [2.05, 4.69) is 50.9 Å². The topological polar surface area (TPSA) is 13.1 Å². The Morgan fingerprint density at radius 1 is 1.25 bits per heavy atom. The van der Waals surface area contributed by atoms with Gasteiger partial charge in [-0.3, -0.25) is 0 Å². The highest BCUT2D eigenvalue weighted by Gasteiger charge is 2.18. The van der Waals surface area contributed by atoms with E-state index in [1.165, 1.54) is 19.8 Å². The van der Waals surface area contributed by atoms with E-state index in [1.807, 2.05) is 13.8 Å². The van der Waals surface area contributed by atoms with Gasteiger partial charge in [-0.2, -0.15) is 0 Å². The molecule has 0 N–H and O–H groups in total. The van der Waals surface area contributed by atoms with Crippen LogP contribution in [0.3, 0.4) is 0 Å². The molecule has 2 aromatic rings. The Morgan fingerprint density at radius 3 is 2.38 bits per heavy atom. The van der Waals surface area contributed by atoms with Crippen molar-refractivity contribution in [2.24, 2.45) is 0 Å². The first kappa shape index (κ1) is 12.4. The quantitative estimate of drug-likeness (QED) is 0.641. The average Bonchev–Trinajstić information content (AvgIpc) is 2.70. The Hall–Kier alpha value is -0.0600. The molecule has 0 saturated carbocycles. The van der Waals surface area contributed by atoms with Crippen LogP contribution in [0.15, 0.2) is 20.3 Å². The van der Waals surface area contributed by atoms with Crippen LogP contribution in [0.25, 0.3) is 0 Å². The van der Waals surface area contributed by atoms with Crippen molar-refractivity contribution in [3.05, 3.63) is 43.4 Å². The first-order chi connectivity index (χ1) is 7.49. The lowest BCUT2D eigenvalue weighted by atomic mass is 10.1. The van der Waals surface area contributed by atoms with Crippen molar-refractivity contribution in [3.8, 4) is 0 Å². The molecule has 4 heteroatoms. The molecule has 0 aliphatic heterocycles. The third-order valence-electron chi connectivity index (χ3n) is 2.48. The number of furan rings is 1.